The van der Waals surface area contributed by atoms with E-state index in [1.165, 1.54) is 0 Å². The minimum Gasteiger partial charge on any atom is -0.282 e. The molecule has 0 aliphatic carbocycles. The van der Waals surface area contributed by atoms with Crippen molar-refractivity contribution in [1.29, 1.82) is 0 Å². The van der Waals surface area contributed by atoms with Gasteiger partial charge in [-0.1, -0.05) is 12.2 Å². The summed E-state index contributed by atoms with van der Waals surface area (Å²) < 4.78 is 28.6. The van der Waals surface area contributed by atoms with Crippen LogP contribution >= 0.6 is 0 Å². The molecule has 58 valence electrons. The molecule has 0 fully saturated rings. The van der Waals surface area contributed by atoms with Gasteiger partial charge >= 0.3 is 0 Å². The third kappa shape index (κ3) is 5.53. The van der Waals surface area contributed by atoms with Crippen molar-refractivity contribution in [3.63, 3.8) is 0 Å². The molecular formula is C6H10O3S. The Bertz CT molecular complexity index is 246. The summed E-state index contributed by atoms with van der Waals surface area (Å²) in [5.74, 6) is 0. The quantitative estimate of drug-likeness (QED) is 0.492. The van der Waals surface area contributed by atoms with Gasteiger partial charge in [0.1, 0.15) is 0 Å². The predicted octanol–water partition coefficient (Wildman–Crippen LogP) is 1.35. The minimum atomic E-state index is -3.96. The SMILES string of the molecule is C/C=C/C(C)=C/S(=O)(=O)O. The van der Waals surface area contributed by atoms with Crippen molar-refractivity contribution in [2.45, 2.75) is 13.8 Å². The highest BCUT2D eigenvalue weighted by atomic mass is 32.2. The van der Waals surface area contributed by atoms with Crippen LogP contribution in [0.15, 0.2) is 23.1 Å². The van der Waals surface area contributed by atoms with Gasteiger partial charge in [-0.25, -0.2) is 0 Å². The second-order valence-electron chi connectivity index (χ2n) is 1.88. The maximum absolute atomic E-state index is 10.2. The number of rotatable bonds is 2. The first-order chi connectivity index (χ1) is 4.45. The molecule has 0 amide bonds. The molecule has 0 aliphatic heterocycles. The molecule has 0 saturated heterocycles. The molecule has 0 rings (SSSR count). The van der Waals surface area contributed by atoms with Gasteiger partial charge in [-0.3, -0.25) is 4.55 Å². The summed E-state index contributed by atoms with van der Waals surface area (Å²) in [4.78, 5) is 0. The van der Waals surface area contributed by atoms with Crippen LogP contribution in [0.1, 0.15) is 13.8 Å². The average Bonchev–Trinajstić information content (AvgIpc) is 1.59. The molecule has 10 heavy (non-hydrogen) atoms. The Hall–Kier alpha value is -0.610. The van der Waals surface area contributed by atoms with Crippen molar-refractivity contribution >= 4 is 10.1 Å². The van der Waals surface area contributed by atoms with E-state index >= 15 is 0 Å². The van der Waals surface area contributed by atoms with E-state index in [9.17, 15) is 8.42 Å². The van der Waals surface area contributed by atoms with Gasteiger partial charge in [-0.2, -0.15) is 8.42 Å². The Balaban J connectivity index is 4.49. The fraction of sp³-hybridized carbons (Fsp3) is 0.333. The summed E-state index contributed by atoms with van der Waals surface area (Å²) in [5.41, 5.74) is 0.505. The second kappa shape index (κ2) is 3.53. The Morgan fingerprint density at radius 2 is 2.00 bits per heavy atom. The van der Waals surface area contributed by atoms with Crippen molar-refractivity contribution in [2.24, 2.45) is 0 Å². The minimum absolute atomic E-state index is 0.505. The molecule has 0 aliphatic rings. The van der Waals surface area contributed by atoms with Crippen LogP contribution in [0.2, 0.25) is 0 Å². The maximum Gasteiger partial charge on any atom is 0.287 e. The highest BCUT2D eigenvalue weighted by Gasteiger charge is 1.96. The Kier molecular flexibility index (Phi) is 3.32. The molecule has 1 N–H and O–H groups in total. The third-order valence-corrected chi connectivity index (χ3v) is 1.43. The van der Waals surface area contributed by atoms with Crippen LogP contribution in [0, 0.1) is 0 Å². The Labute approximate surface area is 60.8 Å². The van der Waals surface area contributed by atoms with Gasteiger partial charge < -0.3 is 0 Å². The molecule has 0 bridgehead atoms. The largest absolute Gasteiger partial charge is 0.287 e. The number of allylic oxidation sites excluding steroid dienone is 3. The van der Waals surface area contributed by atoms with E-state index < -0.39 is 10.1 Å². The van der Waals surface area contributed by atoms with Gasteiger partial charge in [-0.05, 0) is 19.4 Å². The molecule has 0 unspecified atom stereocenters. The second-order valence-corrected chi connectivity index (χ2v) is 3.14. The standard InChI is InChI=1S/C6H10O3S/c1-3-4-6(2)5-10(7,8)9/h3-5H,1-2H3,(H,7,8,9)/b4-3+,6-5+. The van der Waals surface area contributed by atoms with Crippen LogP contribution in [-0.4, -0.2) is 13.0 Å². The first-order valence-corrected chi connectivity index (χ1v) is 4.24. The fourth-order valence-corrected chi connectivity index (χ4v) is 1.09. The summed E-state index contributed by atoms with van der Waals surface area (Å²) >= 11 is 0. The lowest BCUT2D eigenvalue weighted by molar-refractivity contribution is 0.494. The molecule has 0 aromatic rings. The molecule has 3 nitrogen and oxygen atoms in total. The summed E-state index contributed by atoms with van der Waals surface area (Å²) in [7, 11) is -3.96. The van der Waals surface area contributed by atoms with E-state index in [0.717, 1.165) is 5.41 Å². The first kappa shape index (κ1) is 9.39. The third-order valence-electron chi connectivity index (χ3n) is 0.764. The van der Waals surface area contributed by atoms with Gasteiger partial charge in [-0.15, -0.1) is 0 Å². The number of hydrogen-bond acceptors (Lipinski definition) is 2. The van der Waals surface area contributed by atoms with E-state index in [2.05, 4.69) is 0 Å². The normalized spacial score (nSPS) is 14.5. The predicted molar refractivity (Wildman–Crippen MR) is 40.1 cm³/mol. The molecule has 0 atom stereocenters. The van der Waals surface area contributed by atoms with E-state index in [1.54, 1.807) is 26.0 Å². The van der Waals surface area contributed by atoms with E-state index in [1.807, 2.05) is 0 Å². The molecule has 0 heterocycles. The van der Waals surface area contributed by atoms with Gasteiger partial charge in [0, 0.05) is 0 Å². The highest BCUT2D eigenvalue weighted by molar-refractivity contribution is 7.88. The summed E-state index contributed by atoms with van der Waals surface area (Å²) in [5, 5.41) is 0.799. The fourth-order valence-electron chi connectivity index (χ4n) is 0.537. The first-order valence-electron chi connectivity index (χ1n) is 2.74. The van der Waals surface area contributed by atoms with E-state index in [4.69, 9.17) is 4.55 Å². The van der Waals surface area contributed by atoms with Crippen molar-refractivity contribution in [2.75, 3.05) is 0 Å². The van der Waals surface area contributed by atoms with Crippen LogP contribution in [0.25, 0.3) is 0 Å². The molecular weight excluding hydrogens is 152 g/mol. The molecule has 0 spiro atoms. The van der Waals surface area contributed by atoms with Crippen LogP contribution < -0.4 is 0 Å². The molecule has 0 aromatic heterocycles. The maximum atomic E-state index is 10.2. The van der Waals surface area contributed by atoms with Crippen LogP contribution in [0.3, 0.4) is 0 Å². The van der Waals surface area contributed by atoms with E-state index in [-0.39, 0.29) is 0 Å². The number of hydrogen-bond donors (Lipinski definition) is 1. The van der Waals surface area contributed by atoms with Crippen molar-refractivity contribution < 1.29 is 13.0 Å². The van der Waals surface area contributed by atoms with Crippen LogP contribution in [0.5, 0.6) is 0 Å². The van der Waals surface area contributed by atoms with Crippen LogP contribution in [-0.2, 0) is 10.1 Å². The zero-order valence-corrected chi connectivity index (χ0v) is 6.72. The van der Waals surface area contributed by atoms with Crippen molar-refractivity contribution in [3.05, 3.63) is 23.1 Å². The lowest BCUT2D eigenvalue weighted by atomic mass is 10.3. The molecule has 0 saturated carbocycles. The zero-order valence-electron chi connectivity index (χ0n) is 5.90. The van der Waals surface area contributed by atoms with Gasteiger partial charge in [0.2, 0.25) is 0 Å². The topological polar surface area (TPSA) is 54.4 Å². The van der Waals surface area contributed by atoms with Crippen LogP contribution in [0.4, 0.5) is 0 Å². The Morgan fingerprint density at radius 1 is 1.50 bits per heavy atom. The monoisotopic (exact) mass is 162 g/mol. The average molecular weight is 162 g/mol. The van der Waals surface area contributed by atoms with Gasteiger partial charge in [0.25, 0.3) is 10.1 Å². The van der Waals surface area contributed by atoms with Crippen molar-refractivity contribution in [3.8, 4) is 0 Å². The molecule has 0 radical (unpaired) electrons. The lowest BCUT2D eigenvalue weighted by Gasteiger charge is -1.87. The summed E-state index contributed by atoms with van der Waals surface area (Å²) in [6.07, 6.45) is 3.28. The van der Waals surface area contributed by atoms with Crippen molar-refractivity contribution in [1.82, 2.24) is 0 Å². The van der Waals surface area contributed by atoms with E-state index in [0.29, 0.717) is 5.57 Å². The highest BCUT2D eigenvalue weighted by Crippen LogP contribution is 1.97. The van der Waals surface area contributed by atoms with Gasteiger partial charge in [0.05, 0.1) is 5.41 Å². The smallest absolute Gasteiger partial charge is 0.282 e. The Morgan fingerprint density at radius 3 is 2.30 bits per heavy atom. The summed E-state index contributed by atoms with van der Waals surface area (Å²) in [6.45, 7) is 3.36. The van der Waals surface area contributed by atoms with Gasteiger partial charge in [0.15, 0.2) is 0 Å². The summed E-state index contributed by atoms with van der Waals surface area (Å²) in [6, 6.07) is 0. The molecule has 0 aromatic carbocycles. The molecule has 4 heteroatoms. The zero-order chi connectivity index (χ0) is 8.20. The lowest BCUT2D eigenvalue weighted by Crippen LogP contribution is -1.90.